The average Bonchev–Trinajstić information content (AvgIpc) is 0.840. The Morgan fingerprint density at radius 2 is 0.454 bits per heavy atom. The second-order valence-corrected chi connectivity index (χ2v) is 30.0. The van der Waals surface area contributed by atoms with Crippen molar-refractivity contribution in [2.75, 3.05) is 0 Å². The summed E-state index contributed by atoms with van der Waals surface area (Å²) in [6, 6.07) is 68.8. The zero-order valence-electron chi connectivity index (χ0n) is 70.0. The molecule has 0 aromatic heterocycles. The number of hydrogen-bond donors (Lipinski definition) is 0. The Morgan fingerprint density at radius 3 is 0.648 bits per heavy atom. The molecule has 10 aromatic rings. The van der Waals surface area contributed by atoms with Crippen molar-refractivity contribution >= 4 is 10.8 Å². The Morgan fingerprint density at radius 1 is 0.250 bits per heavy atom. The molecule has 1 fully saturated rings. The fourth-order valence-corrected chi connectivity index (χ4v) is 10.6. The molecule has 108 heavy (non-hydrogen) atoms. The van der Waals surface area contributed by atoms with Gasteiger partial charge in [-0.05, 0) is 234 Å². The van der Waals surface area contributed by atoms with Crippen molar-refractivity contribution in [1.82, 2.24) is 0 Å². The molecular formula is C106H166F2. The van der Waals surface area contributed by atoms with Gasteiger partial charge in [-0.2, -0.15) is 0 Å². The van der Waals surface area contributed by atoms with Gasteiger partial charge in [0.25, 0.3) is 0 Å². The van der Waals surface area contributed by atoms with Crippen LogP contribution in [0.3, 0.4) is 0 Å². The van der Waals surface area contributed by atoms with E-state index >= 15 is 0 Å². The van der Waals surface area contributed by atoms with Crippen molar-refractivity contribution < 1.29 is 8.78 Å². The minimum Gasteiger partial charge on any atom is -0.207 e. The second kappa shape index (κ2) is 65.2. The zero-order chi connectivity index (χ0) is 77.4. The zero-order valence-corrected chi connectivity index (χ0v) is 70.0. The van der Waals surface area contributed by atoms with Crippen LogP contribution in [0.2, 0.25) is 0 Å². The Labute approximate surface area is 671 Å². The van der Waals surface area contributed by atoms with E-state index in [0.29, 0.717) is 11.1 Å². The third kappa shape index (κ3) is 56.6. The van der Waals surface area contributed by atoms with Gasteiger partial charge >= 0.3 is 0 Å². The van der Waals surface area contributed by atoms with Gasteiger partial charge in [0.15, 0.2) is 0 Å². The number of hydrogen-bond acceptors (Lipinski definition) is 0. The Kier molecular flexibility index (Phi) is 68.6. The number of aryl methyl sites for hydroxylation is 19. The Balaban J connectivity index is -0.000000207. The molecule has 0 spiro atoms. The Bertz CT molecular complexity index is 3420. The molecule has 0 N–H and O–H groups in total. The van der Waals surface area contributed by atoms with Crippen molar-refractivity contribution in [2.24, 2.45) is 23.7 Å². The maximum Gasteiger partial charge on any atom is 0.126 e. The second-order valence-electron chi connectivity index (χ2n) is 30.0. The van der Waals surface area contributed by atoms with Crippen LogP contribution in [0.4, 0.5) is 8.78 Å². The Hall–Kier alpha value is -7.68. The van der Waals surface area contributed by atoms with Gasteiger partial charge in [-0.15, -0.1) is 0 Å². The molecule has 0 atom stereocenters. The summed E-state index contributed by atoms with van der Waals surface area (Å²) < 4.78 is 25.2. The van der Waals surface area contributed by atoms with Crippen LogP contribution in [0, 0.1) is 167 Å². The van der Waals surface area contributed by atoms with Gasteiger partial charge in [0, 0.05) is 0 Å². The molecule has 0 radical (unpaired) electrons. The van der Waals surface area contributed by atoms with Gasteiger partial charge in [-0.1, -0.05) is 421 Å². The first-order chi connectivity index (χ1) is 48.0. The van der Waals surface area contributed by atoms with Crippen LogP contribution in [-0.2, 0) is 0 Å². The highest BCUT2D eigenvalue weighted by Crippen LogP contribution is 2.27. The molecule has 11 rings (SSSR count). The number of halogens is 2. The van der Waals surface area contributed by atoms with E-state index in [9.17, 15) is 8.78 Å². The smallest absolute Gasteiger partial charge is 0.126 e. The van der Waals surface area contributed by atoms with E-state index in [-0.39, 0.29) is 56.2 Å². The van der Waals surface area contributed by atoms with Crippen molar-refractivity contribution in [3.05, 3.63) is 318 Å². The summed E-state index contributed by atoms with van der Waals surface area (Å²) in [7, 11) is 0. The largest absolute Gasteiger partial charge is 0.207 e. The summed E-state index contributed by atoms with van der Waals surface area (Å²) in [6.45, 7) is 61.5. The molecular weight excluding hydrogens is 1310 g/mol. The highest BCUT2D eigenvalue weighted by Gasteiger charge is 2.13. The van der Waals surface area contributed by atoms with Crippen LogP contribution in [0.25, 0.3) is 21.9 Å². The molecule has 0 bridgehead atoms. The summed E-state index contributed by atoms with van der Waals surface area (Å²) in [4.78, 5) is 0. The van der Waals surface area contributed by atoms with Crippen LogP contribution >= 0.6 is 0 Å². The molecule has 1 saturated carbocycles. The van der Waals surface area contributed by atoms with Crippen LogP contribution in [-0.4, -0.2) is 0 Å². The normalized spacial score (nSPS) is 11.4. The quantitative estimate of drug-likeness (QED) is 0.161. The molecule has 0 amide bonds. The molecule has 604 valence electrons. The lowest BCUT2D eigenvalue weighted by molar-refractivity contribution is 0.308. The van der Waals surface area contributed by atoms with E-state index in [0.717, 1.165) is 34.8 Å². The molecule has 0 saturated heterocycles. The molecule has 1 aliphatic rings. The number of benzene rings is 10. The molecule has 0 nitrogen and oxygen atoms in total. The first kappa shape index (κ1) is 114. The van der Waals surface area contributed by atoms with Gasteiger partial charge in [-0.3, -0.25) is 0 Å². The number of fused-ring (bicyclic) bond motifs is 1. The van der Waals surface area contributed by atoms with Crippen molar-refractivity contribution in [3.8, 4) is 11.1 Å². The monoisotopic (exact) mass is 1480 g/mol. The summed E-state index contributed by atoms with van der Waals surface area (Å²) in [6.07, 6.45) is 12.6. The maximum atomic E-state index is 12.6. The van der Waals surface area contributed by atoms with E-state index in [1.807, 2.05) is 26.0 Å². The van der Waals surface area contributed by atoms with E-state index < -0.39 is 0 Å². The van der Waals surface area contributed by atoms with Crippen LogP contribution in [0.5, 0.6) is 0 Å². The van der Waals surface area contributed by atoms with E-state index in [1.165, 1.54) is 175 Å². The minimum atomic E-state index is -0.116. The van der Waals surface area contributed by atoms with Gasteiger partial charge in [0.2, 0.25) is 0 Å². The van der Waals surface area contributed by atoms with E-state index in [1.54, 1.807) is 26.0 Å². The van der Waals surface area contributed by atoms with Gasteiger partial charge < -0.3 is 0 Å². The van der Waals surface area contributed by atoms with E-state index in [2.05, 4.69) is 337 Å². The highest BCUT2D eigenvalue weighted by molar-refractivity contribution is 5.83. The topological polar surface area (TPSA) is 0 Å². The van der Waals surface area contributed by atoms with Crippen LogP contribution in [0.1, 0.15) is 277 Å². The lowest BCUT2D eigenvalue weighted by Gasteiger charge is -2.22. The van der Waals surface area contributed by atoms with Crippen LogP contribution < -0.4 is 0 Å². The maximum absolute atomic E-state index is 12.6. The fraction of sp³-hybridized carbons (Fsp3) is 0.453. The minimum absolute atomic E-state index is 0. The number of rotatable bonds is 5. The summed E-state index contributed by atoms with van der Waals surface area (Å²) in [5, 5.41) is 2.67. The summed E-state index contributed by atoms with van der Waals surface area (Å²) in [5.74, 6) is 3.60. The fourth-order valence-electron chi connectivity index (χ4n) is 10.6. The summed E-state index contributed by atoms with van der Waals surface area (Å²) >= 11 is 0. The lowest BCUT2D eigenvalue weighted by Crippen LogP contribution is -2.08. The third-order valence-corrected chi connectivity index (χ3v) is 17.2. The van der Waals surface area contributed by atoms with Gasteiger partial charge in [-0.25, -0.2) is 8.78 Å². The van der Waals surface area contributed by atoms with E-state index in [4.69, 9.17) is 0 Å². The SMILES string of the molecule is C.C.C.C.C.C.CC1CCC(C)CC1.CCC.CCCC(C)C.CCCC(C)C.Cc1cc(C)cc(C)c1.Cc1ccc(-c2ccc(C)cc2)cc1.Cc1ccc(C)c(C)c1.Cc1ccc(C)c(C)c1.Cc1ccc(C)c(F)c1.Cc1ccc(C)c(F)c1.Cc1ccc(C)cc1.Cc1ccc2cc(C)ccc2c1. The average molecular weight is 1480 g/mol. The van der Waals surface area contributed by atoms with Crippen LogP contribution in [0.15, 0.2) is 200 Å². The first-order valence-corrected chi connectivity index (χ1v) is 38.2. The van der Waals surface area contributed by atoms with Crippen molar-refractivity contribution in [2.45, 2.75) is 303 Å². The molecule has 10 aromatic carbocycles. The highest BCUT2D eigenvalue weighted by atomic mass is 19.1. The molecule has 2 heteroatoms. The predicted octanol–water partition coefficient (Wildman–Crippen LogP) is 35.4. The molecule has 0 aliphatic heterocycles. The standard InChI is InChI=1S/C14H14.C12H12.3C9H12.2C8H9F.C8H16.C8H10.2C6H14.C3H8.6CH4/c1-11-3-7-13(8-4-11)14-9-5-12(2)6-10-14;1-9-3-5-12-8-10(2)4-6-11(12)7-9;1-7-4-8(2)6-9(3)5-7;2*1-7-4-5-8(2)9(3)6-7;2*1-6-3-4-7(2)8(9)5-6;2*1-7-3-5-8(2)6-4-7;2*1-4-5-6(2)3;1-3-2;;;;;;/h3-10H,1-2H3;3-8H,1-2H3;3*4-6H,1-3H3;2*3-5H,1-2H3;7-8H,3-6H2,1-2H3;3-6H,1-2H3;2*6H,4-5H2,1-3H3;3H2,1-2H3;6*1H4. The molecule has 0 unspecified atom stereocenters. The molecule has 0 heterocycles. The molecule has 1 aliphatic carbocycles. The third-order valence-electron chi connectivity index (χ3n) is 17.2. The lowest BCUT2D eigenvalue weighted by atomic mass is 9.84. The first-order valence-electron chi connectivity index (χ1n) is 38.2. The predicted molar refractivity (Wildman–Crippen MR) is 497 cm³/mol. The summed E-state index contributed by atoms with van der Waals surface area (Å²) in [5.41, 5.74) is 26.1. The van der Waals surface area contributed by atoms with Crippen molar-refractivity contribution in [3.63, 3.8) is 0 Å². The van der Waals surface area contributed by atoms with Gasteiger partial charge in [0.1, 0.15) is 11.6 Å². The van der Waals surface area contributed by atoms with Gasteiger partial charge in [0.05, 0.1) is 0 Å². The van der Waals surface area contributed by atoms with Crippen molar-refractivity contribution in [1.29, 1.82) is 0 Å².